The summed E-state index contributed by atoms with van der Waals surface area (Å²) in [4.78, 5) is 22.7. The maximum absolute atomic E-state index is 11.4. The molecule has 0 saturated carbocycles. The average molecular weight is 424 g/mol. The molecule has 0 atom stereocenters. The van der Waals surface area contributed by atoms with E-state index in [1.54, 1.807) is 0 Å². The second-order valence-corrected chi connectivity index (χ2v) is 8.48. The fraction of sp³-hybridized carbons (Fsp3) is 0.636. The molecule has 0 aromatic rings. The molecule has 2 N–H and O–H groups in total. The molecule has 0 aromatic heterocycles. The third kappa shape index (κ3) is 20.9. The number of ether oxygens (including phenoxy) is 2. The summed E-state index contributed by atoms with van der Waals surface area (Å²) in [5.74, 6) is -0.0446. The molecule has 0 aliphatic heterocycles. The minimum atomic E-state index is -10.7. The van der Waals surface area contributed by atoms with Crippen LogP contribution in [0.1, 0.15) is 0 Å². The quantitative estimate of drug-likeness (QED) is 0.118. The third-order valence-corrected chi connectivity index (χ3v) is 4.25. The van der Waals surface area contributed by atoms with Gasteiger partial charge in [0.05, 0.1) is 27.4 Å². The van der Waals surface area contributed by atoms with Crippen molar-refractivity contribution < 1.29 is 54.5 Å². The molecule has 0 bridgehead atoms. The van der Waals surface area contributed by atoms with E-state index in [9.17, 15) is 34.8 Å². The number of aliphatic hydroxyl groups is 2. The number of carbonyl (C=O) groups is 2. The molecule has 0 unspecified atom stereocenters. The van der Waals surface area contributed by atoms with Crippen LogP contribution in [-0.2, 0) is 30.0 Å². The van der Waals surface area contributed by atoms with Crippen LogP contribution in [0.3, 0.4) is 0 Å². The van der Waals surface area contributed by atoms with Gasteiger partial charge in [-0.1, -0.05) is 0 Å². The van der Waals surface area contributed by atoms with E-state index in [1.807, 2.05) is 0 Å². The summed E-state index contributed by atoms with van der Waals surface area (Å²) < 4.78 is 68.2. The van der Waals surface area contributed by atoms with E-state index >= 15 is 0 Å². The van der Waals surface area contributed by atoms with Crippen molar-refractivity contribution in [2.45, 2.75) is 0 Å². The Balaban J connectivity index is 0. The van der Waals surface area contributed by atoms with E-state index in [2.05, 4.69) is 9.47 Å². The van der Waals surface area contributed by atoms with E-state index in [0.29, 0.717) is 17.3 Å². The third-order valence-electron chi connectivity index (χ3n) is 2.09. The fourth-order valence-corrected chi connectivity index (χ4v) is 2.65. The fourth-order valence-electron chi connectivity index (χ4n) is 1.20. The first-order valence-corrected chi connectivity index (χ1v) is 10.1. The van der Waals surface area contributed by atoms with Crippen molar-refractivity contribution in [3.63, 3.8) is 0 Å². The molecule has 0 fully saturated rings. The molecule has 152 valence electrons. The number of hydrogen-bond donors (Lipinski definition) is 2. The first kappa shape index (κ1) is 26.2. The van der Waals surface area contributed by atoms with Crippen LogP contribution >= 0.6 is 7.81 Å². The molecule has 0 aromatic carbocycles. The number of esters is 2. The van der Waals surface area contributed by atoms with E-state index in [4.69, 9.17) is 10.2 Å². The Morgan fingerprint density at radius 2 is 1.24 bits per heavy atom. The summed E-state index contributed by atoms with van der Waals surface area (Å²) in [5.41, 5.74) is -0.159. The number of halogens is 6. The Bertz CT molecular complexity index is 445. The molecule has 6 nitrogen and oxygen atoms in total. The Morgan fingerprint density at radius 3 is 1.48 bits per heavy atom. The van der Waals surface area contributed by atoms with Crippen molar-refractivity contribution >= 4 is 30.6 Å². The van der Waals surface area contributed by atoms with Gasteiger partial charge in [0.1, 0.15) is 22.8 Å². The molecule has 0 rings (SSSR count). The van der Waals surface area contributed by atoms with Gasteiger partial charge in [0.2, 0.25) is 0 Å². The second kappa shape index (κ2) is 9.60. The van der Waals surface area contributed by atoms with Crippen LogP contribution < -0.4 is 0 Å². The summed E-state index contributed by atoms with van der Waals surface area (Å²) in [6.07, 6.45) is 1.44. The van der Waals surface area contributed by atoms with Crippen molar-refractivity contribution in [3.05, 3.63) is 11.6 Å². The molecule has 0 saturated heterocycles. The van der Waals surface area contributed by atoms with E-state index < -0.39 is 19.7 Å². The van der Waals surface area contributed by atoms with Crippen LogP contribution in [0.25, 0.3) is 0 Å². The standard InChI is InChI=1S/C11H19O6S.F6P/c1-16-10(14)9(11(15)17-2)3-6-18(7-4-12)8-5-13;1-7(2,3,4,5)6/h3,12-13H,4-8H2,1-2H3;/q+1;-1. The zero-order valence-corrected chi connectivity index (χ0v) is 15.0. The van der Waals surface area contributed by atoms with Crippen molar-refractivity contribution in [1.29, 1.82) is 0 Å². The SMILES string of the molecule is COC(=O)C(=CC[S+](CCO)CCO)C(=O)OC.F[P-](F)(F)(F)(F)F. The van der Waals surface area contributed by atoms with Crippen LogP contribution in [0, 0.1) is 0 Å². The topological polar surface area (TPSA) is 93.1 Å². The molecule has 0 radical (unpaired) electrons. The molecule has 25 heavy (non-hydrogen) atoms. The average Bonchev–Trinajstić information content (AvgIpc) is 2.43. The number of aliphatic hydroxyl groups excluding tert-OH is 2. The molecule has 0 spiro atoms. The number of methoxy groups -OCH3 is 2. The van der Waals surface area contributed by atoms with Gasteiger partial charge in [-0.15, -0.1) is 0 Å². The monoisotopic (exact) mass is 424 g/mol. The molecule has 14 heteroatoms. The van der Waals surface area contributed by atoms with Crippen LogP contribution in [-0.4, -0.2) is 66.8 Å². The minimum absolute atomic E-state index is 0.00271. The number of hydrogen-bond acceptors (Lipinski definition) is 6. The van der Waals surface area contributed by atoms with Gasteiger partial charge in [0.25, 0.3) is 0 Å². The molecule has 0 heterocycles. The van der Waals surface area contributed by atoms with Gasteiger partial charge < -0.3 is 19.7 Å². The molecule has 0 aliphatic rings. The predicted octanol–water partition coefficient (Wildman–Crippen LogP) is 2.24. The van der Waals surface area contributed by atoms with E-state index in [1.165, 1.54) is 20.3 Å². The molecule has 0 amide bonds. The van der Waals surface area contributed by atoms with Gasteiger partial charge in [0.15, 0.2) is 0 Å². The first-order valence-electron chi connectivity index (χ1n) is 6.34. The van der Waals surface area contributed by atoms with Gasteiger partial charge in [-0.25, -0.2) is 9.59 Å². The summed E-state index contributed by atoms with van der Waals surface area (Å²) in [7, 11) is -8.57. The van der Waals surface area contributed by atoms with Crippen LogP contribution in [0.15, 0.2) is 11.6 Å². The van der Waals surface area contributed by atoms with E-state index in [0.717, 1.165) is 0 Å². The van der Waals surface area contributed by atoms with Gasteiger partial charge in [-0.2, -0.15) is 0 Å². The van der Waals surface area contributed by atoms with Crippen LogP contribution in [0.5, 0.6) is 0 Å². The predicted molar refractivity (Wildman–Crippen MR) is 81.8 cm³/mol. The Labute approximate surface area is 142 Å². The first-order chi connectivity index (χ1) is 11.0. The van der Waals surface area contributed by atoms with Crippen molar-refractivity contribution in [2.75, 3.05) is 44.7 Å². The Morgan fingerprint density at radius 1 is 0.920 bits per heavy atom. The zero-order chi connectivity index (χ0) is 20.4. The molecule has 0 aliphatic carbocycles. The van der Waals surface area contributed by atoms with Gasteiger partial charge in [0, 0.05) is 0 Å². The van der Waals surface area contributed by atoms with Crippen LogP contribution in [0.4, 0.5) is 25.2 Å². The zero-order valence-electron chi connectivity index (χ0n) is 13.3. The van der Waals surface area contributed by atoms with Crippen LogP contribution in [0.2, 0.25) is 0 Å². The van der Waals surface area contributed by atoms with Crippen molar-refractivity contribution in [2.24, 2.45) is 0 Å². The summed E-state index contributed by atoms with van der Waals surface area (Å²) >= 11 is 0. The van der Waals surface area contributed by atoms with Crippen molar-refractivity contribution in [1.82, 2.24) is 0 Å². The van der Waals surface area contributed by atoms with Crippen molar-refractivity contribution in [3.8, 4) is 0 Å². The second-order valence-electron chi connectivity index (χ2n) is 4.19. The Hall–Kier alpha value is -1.04. The summed E-state index contributed by atoms with van der Waals surface area (Å²) in [6.45, 7) is 0.00542. The summed E-state index contributed by atoms with van der Waals surface area (Å²) in [5, 5.41) is 17.7. The van der Waals surface area contributed by atoms with Gasteiger partial charge >= 0.3 is 44.9 Å². The number of rotatable bonds is 8. The number of carbonyl (C=O) groups excluding carboxylic acids is 2. The van der Waals surface area contributed by atoms with Gasteiger partial charge in [-0.3, -0.25) is 0 Å². The normalized spacial score (nSPS) is 13.7. The molecular weight excluding hydrogens is 405 g/mol. The van der Waals surface area contributed by atoms with E-state index in [-0.39, 0.29) is 29.7 Å². The van der Waals surface area contributed by atoms with Gasteiger partial charge in [-0.05, 0) is 17.0 Å². The summed E-state index contributed by atoms with van der Waals surface area (Å²) in [6, 6.07) is 0. The Kier molecular flexibility index (Phi) is 10.1. The molecular formula is C11H19F6O6PS. The maximum atomic E-state index is 11.4.